The van der Waals surface area contributed by atoms with Crippen LogP contribution in [0, 0.1) is 0 Å². The van der Waals surface area contributed by atoms with Crippen molar-refractivity contribution in [3.05, 3.63) is 5.82 Å². The van der Waals surface area contributed by atoms with Gasteiger partial charge in [0.1, 0.15) is 6.61 Å². The van der Waals surface area contributed by atoms with Crippen LogP contribution in [0.25, 0.3) is 0 Å². The van der Waals surface area contributed by atoms with E-state index in [-0.39, 0.29) is 0 Å². The number of hydrogen-bond donors (Lipinski definition) is 1. The number of aromatic nitrogens is 4. The van der Waals surface area contributed by atoms with Gasteiger partial charge >= 0.3 is 0 Å². The lowest BCUT2D eigenvalue weighted by atomic mass is 10.6. The summed E-state index contributed by atoms with van der Waals surface area (Å²) in [6, 6.07) is 0. The Morgan fingerprint density at radius 3 is 3.08 bits per heavy atom. The van der Waals surface area contributed by atoms with Gasteiger partial charge in [0.25, 0.3) is 0 Å². The lowest BCUT2D eigenvalue weighted by molar-refractivity contribution is 0.124. The van der Waals surface area contributed by atoms with Crippen molar-refractivity contribution in [1.29, 1.82) is 0 Å². The summed E-state index contributed by atoms with van der Waals surface area (Å²) in [4.78, 5) is 0. The molecule has 0 aliphatic rings. The Morgan fingerprint density at radius 2 is 2.42 bits per heavy atom. The standard InChI is InChI=1S/C6H13N5O/c1-2-12-5-6-8-9-10-11(6)4-3-7/h2-5,7H2,1H3. The third-order valence-corrected chi connectivity index (χ3v) is 1.38. The number of rotatable bonds is 5. The number of tetrazole rings is 1. The monoisotopic (exact) mass is 171 g/mol. The highest BCUT2D eigenvalue weighted by molar-refractivity contribution is 4.76. The second-order valence-electron chi connectivity index (χ2n) is 2.24. The Hall–Kier alpha value is -1.01. The van der Waals surface area contributed by atoms with Crippen molar-refractivity contribution in [1.82, 2.24) is 20.2 Å². The molecule has 0 aliphatic carbocycles. The lowest BCUT2D eigenvalue weighted by Gasteiger charge is -2.01. The first-order chi connectivity index (χ1) is 5.88. The van der Waals surface area contributed by atoms with Crippen LogP contribution < -0.4 is 5.73 Å². The van der Waals surface area contributed by atoms with Crippen LogP contribution in [0.5, 0.6) is 0 Å². The van der Waals surface area contributed by atoms with E-state index in [4.69, 9.17) is 10.5 Å². The molecule has 6 heteroatoms. The van der Waals surface area contributed by atoms with Gasteiger partial charge in [0.15, 0.2) is 5.82 Å². The molecular weight excluding hydrogens is 158 g/mol. The van der Waals surface area contributed by atoms with Gasteiger partial charge in [-0.05, 0) is 17.4 Å². The Balaban J connectivity index is 2.51. The molecule has 12 heavy (non-hydrogen) atoms. The van der Waals surface area contributed by atoms with Crippen molar-refractivity contribution in [2.24, 2.45) is 5.73 Å². The van der Waals surface area contributed by atoms with E-state index in [1.54, 1.807) is 4.68 Å². The normalized spacial score (nSPS) is 10.5. The van der Waals surface area contributed by atoms with Gasteiger partial charge in [0.2, 0.25) is 0 Å². The Morgan fingerprint density at radius 1 is 1.58 bits per heavy atom. The summed E-state index contributed by atoms with van der Waals surface area (Å²) in [5.74, 6) is 0.724. The van der Waals surface area contributed by atoms with Crippen LogP contribution in [-0.2, 0) is 17.9 Å². The predicted octanol–water partition coefficient (Wildman–Crippen LogP) is -0.832. The third kappa shape index (κ3) is 2.24. The number of ether oxygens (including phenoxy) is 1. The molecule has 0 saturated heterocycles. The molecule has 0 spiro atoms. The second kappa shape index (κ2) is 4.78. The maximum Gasteiger partial charge on any atom is 0.177 e. The van der Waals surface area contributed by atoms with Gasteiger partial charge in [0.05, 0.1) is 6.54 Å². The van der Waals surface area contributed by atoms with Crippen LogP contribution in [0.4, 0.5) is 0 Å². The molecule has 1 rings (SSSR count). The zero-order valence-corrected chi connectivity index (χ0v) is 7.10. The second-order valence-corrected chi connectivity index (χ2v) is 2.24. The van der Waals surface area contributed by atoms with Gasteiger partial charge < -0.3 is 10.5 Å². The van der Waals surface area contributed by atoms with E-state index in [0.29, 0.717) is 26.3 Å². The van der Waals surface area contributed by atoms with Crippen molar-refractivity contribution in [2.45, 2.75) is 20.1 Å². The highest BCUT2D eigenvalue weighted by Crippen LogP contribution is 1.93. The van der Waals surface area contributed by atoms with Gasteiger partial charge in [-0.25, -0.2) is 4.68 Å². The average molecular weight is 171 g/mol. The molecule has 0 unspecified atom stereocenters. The first kappa shape index (κ1) is 9.08. The highest BCUT2D eigenvalue weighted by Gasteiger charge is 2.03. The molecule has 1 heterocycles. The van der Waals surface area contributed by atoms with E-state index in [9.17, 15) is 0 Å². The molecule has 0 bridgehead atoms. The minimum absolute atomic E-state index is 0.448. The minimum Gasteiger partial charge on any atom is -0.374 e. The highest BCUT2D eigenvalue weighted by atomic mass is 16.5. The average Bonchev–Trinajstić information content (AvgIpc) is 2.50. The summed E-state index contributed by atoms with van der Waals surface area (Å²) in [6.07, 6.45) is 0. The van der Waals surface area contributed by atoms with Crippen LogP contribution in [-0.4, -0.2) is 33.4 Å². The Labute approximate surface area is 70.7 Å². The Kier molecular flexibility index (Phi) is 3.62. The largest absolute Gasteiger partial charge is 0.374 e. The van der Waals surface area contributed by atoms with Crippen LogP contribution in [0.3, 0.4) is 0 Å². The predicted molar refractivity (Wildman–Crippen MR) is 42.2 cm³/mol. The molecule has 0 radical (unpaired) electrons. The molecule has 0 atom stereocenters. The van der Waals surface area contributed by atoms with E-state index in [0.717, 1.165) is 5.82 Å². The maximum absolute atomic E-state index is 5.36. The third-order valence-electron chi connectivity index (χ3n) is 1.38. The molecule has 0 aromatic carbocycles. The number of nitrogens with zero attached hydrogens (tertiary/aromatic N) is 4. The van der Waals surface area contributed by atoms with Crippen LogP contribution >= 0.6 is 0 Å². The van der Waals surface area contributed by atoms with Gasteiger partial charge in [-0.3, -0.25) is 0 Å². The van der Waals surface area contributed by atoms with Crippen LogP contribution in [0.1, 0.15) is 12.7 Å². The first-order valence-electron chi connectivity index (χ1n) is 3.91. The van der Waals surface area contributed by atoms with E-state index < -0.39 is 0 Å². The van der Waals surface area contributed by atoms with Crippen LogP contribution in [0.15, 0.2) is 0 Å². The molecule has 6 nitrogen and oxygen atoms in total. The molecule has 0 saturated carbocycles. The van der Waals surface area contributed by atoms with E-state index in [1.807, 2.05) is 6.92 Å². The molecular formula is C6H13N5O. The fraction of sp³-hybridized carbons (Fsp3) is 0.833. The van der Waals surface area contributed by atoms with Crippen molar-refractivity contribution in [3.8, 4) is 0 Å². The summed E-state index contributed by atoms with van der Waals surface area (Å²) >= 11 is 0. The maximum atomic E-state index is 5.36. The SMILES string of the molecule is CCOCc1nnnn1CCN. The fourth-order valence-corrected chi connectivity index (χ4v) is 0.816. The van der Waals surface area contributed by atoms with Crippen molar-refractivity contribution >= 4 is 0 Å². The zero-order valence-electron chi connectivity index (χ0n) is 7.10. The fourth-order valence-electron chi connectivity index (χ4n) is 0.816. The zero-order chi connectivity index (χ0) is 8.81. The van der Waals surface area contributed by atoms with Gasteiger partial charge in [-0.2, -0.15) is 0 Å². The minimum atomic E-state index is 0.448. The molecule has 0 aliphatic heterocycles. The summed E-state index contributed by atoms with van der Waals surface area (Å²) in [5, 5.41) is 11.1. The Bertz CT molecular complexity index is 223. The molecule has 68 valence electrons. The summed E-state index contributed by atoms with van der Waals surface area (Å²) < 4.78 is 6.81. The molecule has 1 aromatic heterocycles. The summed E-state index contributed by atoms with van der Waals surface area (Å²) in [5.41, 5.74) is 5.36. The lowest BCUT2D eigenvalue weighted by Crippen LogP contribution is -2.14. The quantitative estimate of drug-likeness (QED) is 0.625. The van der Waals surface area contributed by atoms with Gasteiger partial charge in [-0.15, -0.1) is 5.10 Å². The topological polar surface area (TPSA) is 78.9 Å². The summed E-state index contributed by atoms with van der Waals surface area (Å²) in [7, 11) is 0. The van der Waals surface area contributed by atoms with E-state index in [1.165, 1.54) is 0 Å². The summed E-state index contributed by atoms with van der Waals surface area (Å²) in [6.45, 7) is 4.20. The van der Waals surface area contributed by atoms with Crippen molar-refractivity contribution in [3.63, 3.8) is 0 Å². The van der Waals surface area contributed by atoms with E-state index >= 15 is 0 Å². The first-order valence-corrected chi connectivity index (χ1v) is 3.91. The van der Waals surface area contributed by atoms with Gasteiger partial charge in [0, 0.05) is 13.2 Å². The molecule has 0 amide bonds. The molecule has 2 N–H and O–H groups in total. The van der Waals surface area contributed by atoms with Crippen molar-refractivity contribution < 1.29 is 4.74 Å². The van der Waals surface area contributed by atoms with Gasteiger partial charge in [-0.1, -0.05) is 0 Å². The molecule has 1 aromatic rings. The smallest absolute Gasteiger partial charge is 0.177 e. The van der Waals surface area contributed by atoms with Crippen LogP contribution in [0.2, 0.25) is 0 Å². The molecule has 0 fully saturated rings. The van der Waals surface area contributed by atoms with E-state index in [2.05, 4.69) is 15.5 Å². The van der Waals surface area contributed by atoms with Crippen molar-refractivity contribution in [2.75, 3.05) is 13.2 Å². The number of hydrogen-bond acceptors (Lipinski definition) is 5. The number of nitrogens with two attached hydrogens (primary N) is 1.